The van der Waals surface area contributed by atoms with Crippen LogP contribution in [0.1, 0.15) is 18.1 Å². The molecule has 0 aliphatic heterocycles. The summed E-state index contributed by atoms with van der Waals surface area (Å²) >= 11 is 0. The molecule has 0 fully saturated rings. The molecule has 2 aromatic rings. The summed E-state index contributed by atoms with van der Waals surface area (Å²) in [6, 6.07) is 15.7. The Balaban J connectivity index is 0.00000420. The van der Waals surface area contributed by atoms with E-state index >= 15 is 0 Å². The molecular weight excluding hydrogens is 481 g/mol. The molecular formula is C22H32IN3O3. The summed E-state index contributed by atoms with van der Waals surface area (Å²) in [5, 5.41) is 13.5. The van der Waals surface area contributed by atoms with Gasteiger partial charge in [-0.05, 0) is 49.2 Å². The molecule has 0 saturated carbocycles. The first-order valence-corrected chi connectivity index (χ1v) is 9.51. The van der Waals surface area contributed by atoms with Crippen molar-refractivity contribution in [2.24, 2.45) is 4.99 Å². The van der Waals surface area contributed by atoms with E-state index in [1.807, 2.05) is 74.3 Å². The molecule has 2 N–H and O–H groups in total. The minimum absolute atomic E-state index is 0. The van der Waals surface area contributed by atoms with Crippen LogP contribution < -0.4 is 14.8 Å². The van der Waals surface area contributed by atoms with E-state index in [2.05, 4.69) is 10.3 Å². The van der Waals surface area contributed by atoms with Gasteiger partial charge in [-0.15, -0.1) is 24.0 Å². The molecule has 0 radical (unpaired) electrons. The number of nitrogens with zero attached hydrogens (tertiary/aromatic N) is 2. The fourth-order valence-corrected chi connectivity index (χ4v) is 2.69. The van der Waals surface area contributed by atoms with Crippen molar-refractivity contribution < 1.29 is 14.6 Å². The number of halogens is 1. The normalized spacial score (nSPS) is 12.0. The van der Waals surface area contributed by atoms with Crippen molar-refractivity contribution in [3.63, 3.8) is 0 Å². The fraction of sp³-hybridized carbons (Fsp3) is 0.409. The van der Waals surface area contributed by atoms with Gasteiger partial charge in [0.05, 0.1) is 13.7 Å². The van der Waals surface area contributed by atoms with Gasteiger partial charge in [-0.25, -0.2) is 0 Å². The maximum absolute atomic E-state index is 10.2. The van der Waals surface area contributed by atoms with Crippen molar-refractivity contribution in [3.05, 3.63) is 59.7 Å². The summed E-state index contributed by atoms with van der Waals surface area (Å²) in [6.45, 7) is 5.95. The molecule has 29 heavy (non-hydrogen) atoms. The Bertz CT molecular complexity index is 753. The first-order valence-electron chi connectivity index (χ1n) is 9.51. The average Bonchev–Trinajstić information content (AvgIpc) is 2.70. The Hall–Kier alpha value is -2.00. The van der Waals surface area contributed by atoms with Crippen LogP contribution in [0, 0.1) is 6.92 Å². The van der Waals surface area contributed by atoms with E-state index in [4.69, 9.17) is 9.47 Å². The highest BCUT2D eigenvalue weighted by Gasteiger charge is 2.10. The van der Waals surface area contributed by atoms with Crippen LogP contribution >= 0.6 is 24.0 Å². The second kappa shape index (κ2) is 13.3. The molecule has 0 amide bonds. The van der Waals surface area contributed by atoms with Crippen molar-refractivity contribution in [3.8, 4) is 11.5 Å². The van der Waals surface area contributed by atoms with Gasteiger partial charge in [0.2, 0.25) is 0 Å². The third-order valence-corrected chi connectivity index (χ3v) is 4.16. The zero-order valence-corrected chi connectivity index (χ0v) is 19.9. The van der Waals surface area contributed by atoms with E-state index in [9.17, 15) is 5.11 Å². The zero-order chi connectivity index (χ0) is 20.4. The van der Waals surface area contributed by atoms with Gasteiger partial charge in [0, 0.05) is 20.1 Å². The monoisotopic (exact) mass is 513 g/mol. The molecule has 0 saturated heterocycles. The number of hydrogen-bond acceptors (Lipinski definition) is 4. The number of benzene rings is 2. The lowest BCUT2D eigenvalue weighted by atomic mass is 10.2. The SMILES string of the molecule is CCNC(=NCC(O)COc1cccc(C)c1)N(C)Cc1ccc(OC)cc1.I. The number of aliphatic imine (C=N–C) groups is 1. The Kier molecular flexibility index (Phi) is 11.5. The van der Waals surface area contributed by atoms with Crippen LogP contribution in [0.3, 0.4) is 0 Å². The molecule has 0 heterocycles. The molecule has 2 aromatic carbocycles. The lowest BCUT2D eigenvalue weighted by Gasteiger charge is -2.23. The van der Waals surface area contributed by atoms with Crippen molar-refractivity contribution in [2.75, 3.05) is 33.9 Å². The van der Waals surface area contributed by atoms with E-state index in [0.29, 0.717) is 6.54 Å². The minimum atomic E-state index is -0.677. The van der Waals surface area contributed by atoms with Crippen molar-refractivity contribution >= 4 is 29.9 Å². The number of hydrogen-bond donors (Lipinski definition) is 2. The smallest absolute Gasteiger partial charge is 0.194 e. The van der Waals surface area contributed by atoms with Crippen LogP contribution in [0.25, 0.3) is 0 Å². The second-order valence-electron chi connectivity index (χ2n) is 6.68. The highest BCUT2D eigenvalue weighted by molar-refractivity contribution is 14.0. The average molecular weight is 513 g/mol. The topological polar surface area (TPSA) is 66.3 Å². The van der Waals surface area contributed by atoms with Gasteiger partial charge in [0.1, 0.15) is 24.2 Å². The largest absolute Gasteiger partial charge is 0.497 e. The van der Waals surface area contributed by atoms with E-state index < -0.39 is 6.10 Å². The number of aryl methyl sites for hydroxylation is 1. The van der Waals surface area contributed by atoms with E-state index in [1.165, 1.54) is 0 Å². The van der Waals surface area contributed by atoms with E-state index in [1.54, 1.807) is 7.11 Å². The van der Waals surface area contributed by atoms with Gasteiger partial charge in [0.15, 0.2) is 5.96 Å². The maximum atomic E-state index is 10.2. The van der Waals surface area contributed by atoms with E-state index in [0.717, 1.165) is 35.1 Å². The number of guanidine groups is 1. The van der Waals surface area contributed by atoms with Crippen molar-refractivity contribution in [1.29, 1.82) is 0 Å². The Labute approximate surface area is 191 Å². The number of rotatable bonds is 9. The zero-order valence-electron chi connectivity index (χ0n) is 17.6. The number of methoxy groups -OCH3 is 1. The summed E-state index contributed by atoms with van der Waals surface area (Å²) in [5.41, 5.74) is 2.27. The molecule has 1 unspecified atom stereocenters. The molecule has 0 bridgehead atoms. The third-order valence-electron chi connectivity index (χ3n) is 4.16. The highest BCUT2D eigenvalue weighted by atomic mass is 127. The molecule has 0 aliphatic rings. The minimum Gasteiger partial charge on any atom is -0.497 e. The summed E-state index contributed by atoms with van der Waals surface area (Å²) in [6.07, 6.45) is -0.677. The van der Waals surface area contributed by atoms with Crippen LogP contribution in [0.15, 0.2) is 53.5 Å². The van der Waals surface area contributed by atoms with E-state index in [-0.39, 0.29) is 37.1 Å². The second-order valence-corrected chi connectivity index (χ2v) is 6.68. The predicted molar refractivity (Wildman–Crippen MR) is 129 cm³/mol. The van der Waals surface area contributed by atoms with Crippen LogP contribution in [0.4, 0.5) is 0 Å². The van der Waals surface area contributed by atoms with Crippen LogP contribution in [-0.2, 0) is 6.54 Å². The number of nitrogens with one attached hydrogen (secondary N) is 1. The number of ether oxygens (including phenoxy) is 2. The standard InChI is InChI=1S/C22H31N3O3.HI/c1-5-23-22(25(3)15-18-9-11-20(27-4)12-10-18)24-14-19(26)16-28-21-8-6-7-17(2)13-21;/h6-13,19,26H,5,14-16H2,1-4H3,(H,23,24);1H. The van der Waals surface area contributed by atoms with Crippen molar-refractivity contribution in [2.45, 2.75) is 26.5 Å². The maximum Gasteiger partial charge on any atom is 0.194 e. The number of aliphatic hydroxyl groups excluding tert-OH is 1. The van der Waals surface area contributed by atoms with Crippen LogP contribution in [0.5, 0.6) is 11.5 Å². The molecule has 0 aromatic heterocycles. The summed E-state index contributed by atoms with van der Waals surface area (Å²) in [7, 11) is 3.63. The lowest BCUT2D eigenvalue weighted by molar-refractivity contribution is 0.114. The quantitative estimate of drug-likeness (QED) is 0.306. The van der Waals surface area contributed by atoms with Gasteiger partial charge in [-0.1, -0.05) is 24.3 Å². The Morgan fingerprint density at radius 3 is 2.52 bits per heavy atom. The highest BCUT2D eigenvalue weighted by Crippen LogP contribution is 2.13. The molecule has 2 rings (SSSR count). The van der Waals surface area contributed by atoms with Crippen molar-refractivity contribution in [1.82, 2.24) is 10.2 Å². The predicted octanol–water partition coefficient (Wildman–Crippen LogP) is 3.46. The molecule has 160 valence electrons. The number of aliphatic hydroxyl groups is 1. The molecule has 6 nitrogen and oxygen atoms in total. The summed E-state index contributed by atoms with van der Waals surface area (Å²) in [5.74, 6) is 2.34. The fourth-order valence-electron chi connectivity index (χ4n) is 2.69. The summed E-state index contributed by atoms with van der Waals surface area (Å²) in [4.78, 5) is 6.58. The molecule has 7 heteroatoms. The van der Waals surface area contributed by atoms with Gasteiger partial charge in [-0.2, -0.15) is 0 Å². The Morgan fingerprint density at radius 2 is 1.90 bits per heavy atom. The van der Waals surface area contributed by atoms with Crippen LogP contribution in [0.2, 0.25) is 0 Å². The molecule has 0 aliphatic carbocycles. The molecule has 1 atom stereocenters. The van der Waals surface area contributed by atoms with Gasteiger partial charge < -0.3 is 24.8 Å². The van der Waals surface area contributed by atoms with Gasteiger partial charge in [-0.3, -0.25) is 4.99 Å². The molecule has 0 spiro atoms. The first kappa shape index (κ1) is 25.0. The third kappa shape index (κ3) is 8.91. The van der Waals surface area contributed by atoms with Gasteiger partial charge >= 0.3 is 0 Å². The summed E-state index contributed by atoms with van der Waals surface area (Å²) < 4.78 is 10.9. The Morgan fingerprint density at radius 1 is 1.17 bits per heavy atom. The first-order chi connectivity index (χ1) is 13.5. The van der Waals surface area contributed by atoms with Crippen LogP contribution in [-0.4, -0.2) is 55.9 Å². The van der Waals surface area contributed by atoms with Gasteiger partial charge in [0.25, 0.3) is 0 Å². The lowest BCUT2D eigenvalue weighted by Crippen LogP contribution is -2.39.